The molecule has 0 spiro atoms. The second-order valence-corrected chi connectivity index (χ2v) is 7.54. The van der Waals surface area contributed by atoms with Gasteiger partial charge in [-0.1, -0.05) is 24.3 Å². The molecular formula is C18H25NO4. The van der Waals surface area contributed by atoms with E-state index >= 15 is 0 Å². The maximum atomic E-state index is 12.6. The molecule has 4 atom stereocenters. The molecule has 23 heavy (non-hydrogen) atoms. The quantitative estimate of drug-likeness (QED) is 0.770. The molecule has 1 aliphatic carbocycles. The van der Waals surface area contributed by atoms with Gasteiger partial charge in [-0.15, -0.1) is 0 Å². The molecule has 2 N–H and O–H groups in total. The second-order valence-electron chi connectivity index (χ2n) is 7.54. The minimum absolute atomic E-state index is 0.0332. The molecule has 126 valence electrons. The average molecular weight is 319 g/mol. The summed E-state index contributed by atoms with van der Waals surface area (Å²) in [6, 6.07) is 7.57. The molecule has 0 bridgehead atoms. The first-order chi connectivity index (χ1) is 10.8. The van der Waals surface area contributed by atoms with Crippen LogP contribution in [0.3, 0.4) is 0 Å². The van der Waals surface area contributed by atoms with Gasteiger partial charge in [0.25, 0.3) is 0 Å². The Bertz CT molecular complexity index is 595. The zero-order valence-corrected chi connectivity index (χ0v) is 13.9. The highest BCUT2D eigenvalue weighted by Gasteiger charge is 2.47. The van der Waals surface area contributed by atoms with Crippen molar-refractivity contribution in [3.05, 3.63) is 35.4 Å². The first kappa shape index (κ1) is 16.3. The molecule has 1 saturated carbocycles. The van der Waals surface area contributed by atoms with Crippen LogP contribution >= 0.6 is 0 Å². The number of amides is 1. The number of aliphatic hydroxyl groups excluding tert-OH is 2. The fraction of sp³-hybridized carbons (Fsp3) is 0.611. The van der Waals surface area contributed by atoms with Gasteiger partial charge in [-0.25, -0.2) is 4.79 Å². The summed E-state index contributed by atoms with van der Waals surface area (Å²) in [6.45, 7) is 5.88. The summed E-state index contributed by atoms with van der Waals surface area (Å²) < 4.78 is 5.52. The number of carbonyl (C=O) groups excluding carboxylic acids is 1. The third-order valence-corrected chi connectivity index (χ3v) is 4.71. The van der Waals surface area contributed by atoms with E-state index in [0.29, 0.717) is 13.0 Å². The van der Waals surface area contributed by atoms with Crippen molar-refractivity contribution in [2.75, 3.05) is 0 Å². The van der Waals surface area contributed by atoms with Crippen molar-refractivity contribution in [2.45, 2.75) is 69.9 Å². The number of rotatable bonds is 0. The molecule has 5 heteroatoms. The number of hydrogen-bond acceptors (Lipinski definition) is 4. The summed E-state index contributed by atoms with van der Waals surface area (Å²) in [5, 5.41) is 20.6. The highest BCUT2D eigenvalue weighted by Crippen LogP contribution is 2.42. The highest BCUT2D eigenvalue weighted by molar-refractivity contribution is 5.70. The molecule has 1 aromatic rings. The zero-order valence-electron chi connectivity index (χ0n) is 13.9. The van der Waals surface area contributed by atoms with Gasteiger partial charge in [-0.05, 0) is 44.7 Å². The molecule has 5 nitrogen and oxygen atoms in total. The zero-order chi connectivity index (χ0) is 16.8. The van der Waals surface area contributed by atoms with Gasteiger partial charge in [-0.2, -0.15) is 0 Å². The molecule has 2 aliphatic rings. The van der Waals surface area contributed by atoms with Crippen LogP contribution < -0.4 is 0 Å². The molecule has 0 radical (unpaired) electrons. The van der Waals surface area contributed by atoms with Gasteiger partial charge >= 0.3 is 6.09 Å². The molecule has 0 unspecified atom stereocenters. The third-order valence-electron chi connectivity index (χ3n) is 4.71. The Labute approximate surface area is 136 Å². The Kier molecular flexibility index (Phi) is 4.10. The lowest BCUT2D eigenvalue weighted by atomic mass is 9.72. The first-order valence-electron chi connectivity index (χ1n) is 8.21. The summed E-state index contributed by atoms with van der Waals surface area (Å²) in [7, 11) is 0. The molecule has 0 aromatic heterocycles. The number of nitrogens with zero attached hydrogens (tertiary/aromatic N) is 1. The van der Waals surface area contributed by atoms with Gasteiger partial charge in [0.15, 0.2) is 0 Å². The van der Waals surface area contributed by atoms with Crippen molar-refractivity contribution >= 4 is 6.09 Å². The molecule has 0 saturated heterocycles. The number of ether oxygens (including phenoxy) is 1. The van der Waals surface area contributed by atoms with Crippen LogP contribution in [0.4, 0.5) is 4.79 Å². The first-order valence-corrected chi connectivity index (χ1v) is 8.21. The van der Waals surface area contributed by atoms with Crippen molar-refractivity contribution in [2.24, 2.45) is 0 Å². The Morgan fingerprint density at radius 1 is 1.22 bits per heavy atom. The van der Waals surface area contributed by atoms with Gasteiger partial charge in [0, 0.05) is 12.5 Å². The van der Waals surface area contributed by atoms with Crippen molar-refractivity contribution in [3.8, 4) is 0 Å². The normalized spacial score (nSPS) is 30.4. The molecule has 1 aromatic carbocycles. The van der Waals surface area contributed by atoms with Crippen LogP contribution in [0.25, 0.3) is 0 Å². The molecule has 1 amide bonds. The van der Waals surface area contributed by atoms with E-state index in [2.05, 4.69) is 6.07 Å². The molecule has 3 rings (SSSR count). The summed E-state index contributed by atoms with van der Waals surface area (Å²) in [5.41, 5.74) is 1.66. The van der Waals surface area contributed by atoms with Crippen molar-refractivity contribution < 1.29 is 19.7 Å². The maximum absolute atomic E-state index is 12.6. The van der Waals surface area contributed by atoms with Crippen molar-refractivity contribution in [3.63, 3.8) is 0 Å². The summed E-state index contributed by atoms with van der Waals surface area (Å²) in [4.78, 5) is 14.2. The number of aliphatic hydroxyl groups is 2. The van der Waals surface area contributed by atoms with Gasteiger partial charge < -0.3 is 14.9 Å². The topological polar surface area (TPSA) is 70.0 Å². The van der Waals surface area contributed by atoms with E-state index in [1.54, 1.807) is 4.90 Å². The van der Waals surface area contributed by atoms with E-state index in [-0.39, 0.29) is 5.92 Å². The molecule has 1 heterocycles. The Morgan fingerprint density at radius 3 is 2.61 bits per heavy atom. The summed E-state index contributed by atoms with van der Waals surface area (Å²) in [5.74, 6) is 0.0332. The van der Waals surface area contributed by atoms with Gasteiger partial charge in [-0.3, -0.25) is 4.90 Å². The highest BCUT2D eigenvalue weighted by atomic mass is 16.6. The fourth-order valence-electron chi connectivity index (χ4n) is 3.73. The van der Waals surface area contributed by atoms with Crippen molar-refractivity contribution in [1.82, 2.24) is 4.90 Å². The number of carbonyl (C=O) groups is 1. The van der Waals surface area contributed by atoms with E-state index in [0.717, 1.165) is 12.0 Å². The minimum atomic E-state index is -0.949. The lowest BCUT2D eigenvalue weighted by Gasteiger charge is -2.48. The van der Waals surface area contributed by atoms with E-state index in [9.17, 15) is 15.0 Å². The van der Waals surface area contributed by atoms with E-state index < -0.39 is 29.9 Å². The Balaban J connectivity index is 1.97. The summed E-state index contributed by atoms with van der Waals surface area (Å²) in [6.07, 6.45) is -0.894. The predicted molar refractivity (Wildman–Crippen MR) is 86.0 cm³/mol. The predicted octanol–water partition coefficient (Wildman–Crippen LogP) is 2.41. The van der Waals surface area contributed by atoms with Crippen LogP contribution in [0.2, 0.25) is 0 Å². The van der Waals surface area contributed by atoms with Gasteiger partial charge in [0.2, 0.25) is 0 Å². The van der Waals surface area contributed by atoms with Crippen LogP contribution in [0, 0.1) is 0 Å². The fourth-order valence-corrected chi connectivity index (χ4v) is 3.73. The Morgan fingerprint density at radius 2 is 1.91 bits per heavy atom. The second kappa shape index (κ2) is 5.80. The molecular weight excluding hydrogens is 294 g/mol. The Hall–Kier alpha value is -1.59. The van der Waals surface area contributed by atoms with E-state index in [1.165, 1.54) is 5.56 Å². The molecule has 1 aliphatic heterocycles. The van der Waals surface area contributed by atoms with Gasteiger partial charge in [0.05, 0.1) is 12.1 Å². The van der Waals surface area contributed by atoms with Crippen molar-refractivity contribution in [1.29, 1.82) is 0 Å². The minimum Gasteiger partial charge on any atom is -0.444 e. The maximum Gasteiger partial charge on any atom is 0.410 e. The van der Waals surface area contributed by atoms with Crippen LogP contribution in [0.1, 0.15) is 50.7 Å². The largest absolute Gasteiger partial charge is 0.444 e. The van der Waals surface area contributed by atoms with Gasteiger partial charge in [0.1, 0.15) is 11.7 Å². The smallest absolute Gasteiger partial charge is 0.410 e. The monoisotopic (exact) mass is 319 g/mol. The van der Waals surface area contributed by atoms with Crippen LogP contribution in [0.15, 0.2) is 24.3 Å². The van der Waals surface area contributed by atoms with E-state index in [1.807, 2.05) is 39.0 Å². The van der Waals surface area contributed by atoms with Crippen LogP contribution in [-0.2, 0) is 11.3 Å². The molecule has 1 fully saturated rings. The van der Waals surface area contributed by atoms with Crippen LogP contribution in [-0.4, -0.2) is 45.1 Å². The number of hydrogen-bond donors (Lipinski definition) is 2. The van der Waals surface area contributed by atoms with Crippen LogP contribution in [0.5, 0.6) is 0 Å². The lowest BCUT2D eigenvalue weighted by Crippen LogP contribution is -2.58. The number of fused-ring (bicyclic) bond motifs is 3. The summed E-state index contributed by atoms with van der Waals surface area (Å²) >= 11 is 0. The lowest BCUT2D eigenvalue weighted by molar-refractivity contribution is -0.0823. The average Bonchev–Trinajstić information content (AvgIpc) is 2.48. The SMILES string of the molecule is CC(C)(C)OC(=O)N1Cc2ccccc2[C@@H]2CC[C@@H](O)[C@@H](O)[C@@H]21. The number of benzene rings is 1. The standard InChI is InChI=1S/C18H25NO4/c1-18(2,3)23-17(22)19-10-11-6-4-5-7-12(11)13-8-9-14(20)16(21)15(13)19/h4-7,13-16,20-21H,8-10H2,1-3H3/t13-,14+,15+,16+/m0/s1. The van der Waals surface area contributed by atoms with E-state index in [4.69, 9.17) is 4.74 Å². The third kappa shape index (κ3) is 3.08.